The van der Waals surface area contributed by atoms with Gasteiger partial charge in [-0.05, 0) is 12.3 Å². The number of aryl methyl sites for hydroxylation is 1. The van der Waals surface area contributed by atoms with Crippen molar-refractivity contribution in [3.8, 4) is 0 Å². The smallest absolute Gasteiger partial charge is 0.269 e. The molecule has 0 aromatic carbocycles. The molecular weight excluding hydrogens is 268 g/mol. The van der Waals surface area contributed by atoms with Gasteiger partial charge in [-0.1, -0.05) is 20.8 Å². The minimum Gasteiger partial charge on any atom is -0.383 e. The van der Waals surface area contributed by atoms with Crippen LogP contribution in [0.15, 0.2) is 23.4 Å². The lowest BCUT2D eigenvalue weighted by Gasteiger charge is -2.10. The quantitative estimate of drug-likeness (QED) is 0.833. The summed E-state index contributed by atoms with van der Waals surface area (Å²) in [6.45, 7) is 8.24. The topological polar surface area (TPSA) is 77.6 Å². The van der Waals surface area contributed by atoms with E-state index in [1.807, 2.05) is 0 Å². The van der Waals surface area contributed by atoms with Gasteiger partial charge in [-0.2, -0.15) is 10.2 Å². The largest absolute Gasteiger partial charge is 0.383 e. The Labute approximate surface area is 124 Å². The van der Waals surface area contributed by atoms with Gasteiger partial charge >= 0.3 is 0 Å². The fraction of sp³-hybridized carbons (Fsp3) is 0.571. The second-order valence-electron chi connectivity index (χ2n) is 5.41. The van der Waals surface area contributed by atoms with Crippen LogP contribution in [0.2, 0.25) is 0 Å². The van der Waals surface area contributed by atoms with Gasteiger partial charge in [0.05, 0.1) is 11.9 Å². The molecule has 0 aliphatic rings. The molecule has 0 fully saturated rings. The highest BCUT2D eigenvalue weighted by Gasteiger charge is 2.07. The van der Waals surface area contributed by atoms with Crippen molar-refractivity contribution >= 4 is 5.69 Å². The van der Waals surface area contributed by atoms with Crippen LogP contribution in [0.3, 0.4) is 0 Å². The van der Waals surface area contributed by atoms with Crippen molar-refractivity contribution in [3.63, 3.8) is 0 Å². The van der Waals surface area contributed by atoms with Crippen molar-refractivity contribution in [3.05, 3.63) is 34.8 Å². The summed E-state index contributed by atoms with van der Waals surface area (Å²) in [5, 5.41) is 11.5. The Balaban J connectivity index is 2.10. The van der Waals surface area contributed by atoms with Crippen LogP contribution in [-0.4, -0.2) is 31.1 Å². The van der Waals surface area contributed by atoms with Crippen LogP contribution < -0.4 is 10.9 Å². The van der Waals surface area contributed by atoms with E-state index >= 15 is 0 Å². The van der Waals surface area contributed by atoms with Crippen LogP contribution in [0.4, 0.5) is 5.69 Å². The third-order valence-corrected chi connectivity index (χ3v) is 3.01. The fourth-order valence-electron chi connectivity index (χ4n) is 1.91. The average Bonchev–Trinajstić information content (AvgIpc) is 2.87. The summed E-state index contributed by atoms with van der Waals surface area (Å²) in [4.78, 5) is 16.3. The summed E-state index contributed by atoms with van der Waals surface area (Å²) in [6.07, 6.45) is 4.15. The zero-order valence-electron chi connectivity index (χ0n) is 12.8. The Morgan fingerprint density at radius 2 is 2.10 bits per heavy atom. The lowest BCUT2D eigenvalue weighted by molar-refractivity contribution is 0.528. The summed E-state index contributed by atoms with van der Waals surface area (Å²) in [7, 11) is 0. The number of aromatic nitrogens is 5. The number of hydrogen-bond donors (Lipinski definition) is 1. The molecule has 0 unspecified atom stereocenters. The van der Waals surface area contributed by atoms with Gasteiger partial charge in [0.2, 0.25) is 0 Å². The van der Waals surface area contributed by atoms with Crippen LogP contribution in [0, 0.1) is 5.92 Å². The minimum absolute atomic E-state index is 0.144. The second kappa shape index (κ2) is 7.01. The molecule has 0 saturated carbocycles. The predicted octanol–water partition coefficient (Wildman–Crippen LogP) is 1.36. The first-order valence-corrected chi connectivity index (χ1v) is 7.28. The molecule has 0 saturated heterocycles. The molecule has 21 heavy (non-hydrogen) atoms. The van der Waals surface area contributed by atoms with Crippen molar-refractivity contribution in [2.45, 2.75) is 40.3 Å². The number of nitrogens with zero attached hydrogens (tertiary/aromatic N) is 5. The summed E-state index contributed by atoms with van der Waals surface area (Å²) in [5.41, 5.74) is 0.606. The molecule has 1 N–H and O–H groups in total. The zero-order chi connectivity index (χ0) is 15.2. The Kier molecular flexibility index (Phi) is 5.08. The van der Waals surface area contributed by atoms with Crippen LogP contribution >= 0.6 is 0 Å². The Bertz CT molecular complexity index is 630. The molecule has 0 spiro atoms. The van der Waals surface area contributed by atoms with Crippen molar-refractivity contribution in [1.82, 2.24) is 24.5 Å². The monoisotopic (exact) mass is 290 g/mol. The van der Waals surface area contributed by atoms with Gasteiger partial charge in [0.25, 0.3) is 5.56 Å². The molecule has 0 radical (unpaired) electrons. The fourth-order valence-corrected chi connectivity index (χ4v) is 1.91. The summed E-state index contributed by atoms with van der Waals surface area (Å²) in [6, 6.07) is 1.57. The molecular formula is C14H22N6O. The van der Waals surface area contributed by atoms with Crippen LogP contribution in [0.25, 0.3) is 0 Å². The molecule has 0 amide bonds. The maximum atomic E-state index is 12.1. The van der Waals surface area contributed by atoms with Gasteiger partial charge in [0.15, 0.2) is 0 Å². The number of nitrogens with one attached hydrogen (secondary N) is 1. The number of rotatable bonds is 7. The molecule has 114 valence electrons. The SMILES string of the molecule is CCCn1ncnc1Cn1ncc(NCC(C)C)cc1=O. The van der Waals surface area contributed by atoms with Crippen LogP contribution in [-0.2, 0) is 13.1 Å². The molecule has 2 aromatic rings. The highest BCUT2D eigenvalue weighted by molar-refractivity contribution is 5.38. The van der Waals surface area contributed by atoms with Crippen LogP contribution in [0.1, 0.15) is 33.0 Å². The van der Waals surface area contributed by atoms with E-state index in [0.717, 1.165) is 31.0 Å². The second-order valence-corrected chi connectivity index (χ2v) is 5.41. The molecule has 0 atom stereocenters. The van der Waals surface area contributed by atoms with Crippen molar-refractivity contribution in [2.24, 2.45) is 5.92 Å². The molecule has 0 aliphatic carbocycles. The minimum atomic E-state index is -0.144. The molecule has 0 bridgehead atoms. The average molecular weight is 290 g/mol. The Morgan fingerprint density at radius 3 is 2.76 bits per heavy atom. The van der Waals surface area contributed by atoms with Gasteiger partial charge in [-0.15, -0.1) is 0 Å². The first-order chi connectivity index (χ1) is 10.1. The Hall–Kier alpha value is -2.18. The normalized spacial score (nSPS) is 11.0. The van der Waals surface area contributed by atoms with Crippen molar-refractivity contribution < 1.29 is 0 Å². The van der Waals surface area contributed by atoms with Gasteiger partial charge in [-0.25, -0.2) is 14.3 Å². The third kappa shape index (κ3) is 4.14. The Morgan fingerprint density at radius 1 is 1.29 bits per heavy atom. The summed E-state index contributed by atoms with van der Waals surface area (Å²) < 4.78 is 3.20. The lowest BCUT2D eigenvalue weighted by atomic mass is 10.2. The summed E-state index contributed by atoms with van der Waals surface area (Å²) >= 11 is 0. The van der Waals surface area contributed by atoms with Gasteiger partial charge in [0.1, 0.15) is 18.7 Å². The number of hydrogen-bond acceptors (Lipinski definition) is 5. The number of anilines is 1. The van der Waals surface area contributed by atoms with E-state index in [1.165, 1.54) is 11.0 Å². The van der Waals surface area contributed by atoms with Crippen molar-refractivity contribution in [1.29, 1.82) is 0 Å². The maximum Gasteiger partial charge on any atom is 0.269 e. The van der Waals surface area contributed by atoms with E-state index in [-0.39, 0.29) is 5.56 Å². The molecule has 2 heterocycles. The molecule has 2 aromatic heterocycles. The highest BCUT2D eigenvalue weighted by atomic mass is 16.1. The third-order valence-electron chi connectivity index (χ3n) is 3.01. The van der Waals surface area contributed by atoms with E-state index in [9.17, 15) is 4.79 Å². The van der Waals surface area contributed by atoms with E-state index in [0.29, 0.717) is 12.5 Å². The van der Waals surface area contributed by atoms with E-state index < -0.39 is 0 Å². The van der Waals surface area contributed by atoms with Crippen molar-refractivity contribution in [2.75, 3.05) is 11.9 Å². The first kappa shape index (κ1) is 15.2. The van der Waals surface area contributed by atoms with Gasteiger partial charge < -0.3 is 5.32 Å². The molecule has 2 rings (SSSR count). The van der Waals surface area contributed by atoms with Gasteiger partial charge in [0, 0.05) is 19.2 Å². The van der Waals surface area contributed by atoms with Crippen LogP contribution in [0.5, 0.6) is 0 Å². The molecule has 7 nitrogen and oxygen atoms in total. The summed E-state index contributed by atoms with van der Waals surface area (Å²) in [5.74, 6) is 1.26. The van der Waals surface area contributed by atoms with E-state index in [2.05, 4.69) is 41.3 Å². The molecule has 7 heteroatoms. The van der Waals surface area contributed by atoms with E-state index in [4.69, 9.17) is 0 Å². The maximum absolute atomic E-state index is 12.1. The standard InChI is InChI=1S/C14H22N6O/c1-4-5-19-13(16-10-18-19)9-20-14(21)6-12(8-17-20)15-7-11(2)3/h6,8,10-11,15H,4-5,7,9H2,1-3H3. The van der Waals surface area contributed by atoms with Gasteiger partial charge in [-0.3, -0.25) is 4.79 Å². The predicted molar refractivity (Wildman–Crippen MR) is 81.2 cm³/mol. The highest BCUT2D eigenvalue weighted by Crippen LogP contribution is 2.03. The lowest BCUT2D eigenvalue weighted by Crippen LogP contribution is -2.25. The molecule has 0 aliphatic heterocycles. The first-order valence-electron chi connectivity index (χ1n) is 7.28. The van der Waals surface area contributed by atoms with E-state index in [1.54, 1.807) is 16.9 Å². The zero-order valence-corrected chi connectivity index (χ0v) is 12.8.